The Bertz CT molecular complexity index is 1090. The Balaban J connectivity index is 1.69. The number of hydrogen-bond acceptors (Lipinski definition) is 3. The maximum Gasteiger partial charge on any atom is 0.260 e. The predicted molar refractivity (Wildman–Crippen MR) is 118 cm³/mol. The number of benzene rings is 3. The Morgan fingerprint density at radius 2 is 1.75 bits per heavy atom. The van der Waals surface area contributed by atoms with E-state index in [0.29, 0.717) is 12.1 Å². The van der Waals surface area contributed by atoms with Gasteiger partial charge in [-0.1, -0.05) is 53.8 Å². The molecule has 0 aliphatic heterocycles. The first-order valence-electron chi connectivity index (χ1n) is 9.57. The highest BCUT2D eigenvalue weighted by Gasteiger charge is 2.21. The van der Waals surface area contributed by atoms with Crippen LogP contribution in [-0.2, 0) is 0 Å². The van der Waals surface area contributed by atoms with Gasteiger partial charge in [-0.15, -0.1) is 0 Å². The number of quaternary nitrogens is 1. The van der Waals surface area contributed by atoms with Crippen LogP contribution in [0.5, 0.6) is 0 Å². The zero-order valence-corrected chi connectivity index (χ0v) is 17.0. The lowest BCUT2D eigenvalue weighted by atomic mass is 10.1. The summed E-state index contributed by atoms with van der Waals surface area (Å²) < 4.78 is 1.10. The highest BCUT2D eigenvalue weighted by Crippen LogP contribution is 2.30. The molecule has 0 aliphatic rings. The minimum atomic E-state index is 0.0126. The second-order valence-corrected chi connectivity index (χ2v) is 8.30. The average molecular weight is 391 g/mol. The molecule has 0 saturated carbocycles. The number of amides is 1. The van der Waals surface area contributed by atoms with Gasteiger partial charge < -0.3 is 4.90 Å². The van der Waals surface area contributed by atoms with E-state index in [1.54, 1.807) is 11.3 Å². The molecule has 0 unspecified atom stereocenters. The van der Waals surface area contributed by atoms with Gasteiger partial charge in [0, 0.05) is 18.5 Å². The first-order valence-corrected chi connectivity index (χ1v) is 10.4. The summed E-state index contributed by atoms with van der Waals surface area (Å²) >= 11 is 1.58. The zero-order chi connectivity index (χ0) is 19.5. The van der Waals surface area contributed by atoms with Gasteiger partial charge in [-0.2, -0.15) is 0 Å². The summed E-state index contributed by atoms with van der Waals surface area (Å²) in [5.74, 6) is 0.0126. The molecular formula is C23H24N3OS+. The Morgan fingerprint density at radius 1 is 1.00 bits per heavy atom. The van der Waals surface area contributed by atoms with Gasteiger partial charge in [-0.25, -0.2) is 4.98 Å². The van der Waals surface area contributed by atoms with Crippen molar-refractivity contribution in [3.05, 3.63) is 72.3 Å². The van der Waals surface area contributed by atoms with Gasteiger partial charge >= 0.3 is 0 Å². The normalized spacial score (nSPS) is 11.4. The minimum Gasteiger partial charge on any atom is -0.340 e. The quantitative estimate of drug-likeness (QED) is 0.546. The largest absolute Gasteiger partial charge is 0.340 e. The fraction of sp³-hybridized carbons (Fsp3) is 0.217. The molecule has 1 aromatic heterocycles. The van der Waals surface area contributed by atoms with Crippen molar-refractivity contribution in [1.29, 1.82) is 0 Å². The number of carbonyl (C=O) groups excluding carboxylic acids is 1. The molecule has 0 saturated heterocycles. The van der Waals surface area contributed by atoms with Crippen molar-refractivity contribution in [2.45, 2.75) is 6.42 Å². The molecule has 3 aromatic carbocycles. The van der Waals surface area contributed by atoms with Crippen LogP contribution < -0.4 is 9.80 Å². The molecule has 4 aromatic rings. The van der Waals surface area contributed by atoms with Crippen molar-refractivity contribution in [2.75, 3.05) is 32.1 Å². The highest BCUT2D eigenvalue weighted by molar-refractivity contribution is 7.22. The molecule has 28 heavy (non-hydrogen) atoms. The van der Waals surface area contributed by atoms with Crippen LogP contribution in [0.4, 0.5) is 5.13 Å². The van der Waals surface area contributed by atoms with Crippen molar-refractivity contribution in [3.8, 4) is 0 Å². The van der Waals surface area contributed by atoms with Gasteiger partial charge in [0.1, 0.15) is 0 Å². The van der Waals surface area contributed by atoms with Gasteiger partial charge in [-0.3, -0.25) is 9.69 Å². The third-order valence-corrected chi connectivity index (χ3v) is 5.87. The van der Waals surface area contributed by atoms with Gasteiger partial charge in [-0.05, 0) is 35.0 Å². The third kappa shape index (κ3) is 3.91. The van der Waals surface area contributed by atoms with Crippen molar-refractivity contribution in [1.82, 2.24) is 4.98 Å². The number of anilines is 1. The van der Waals surface area contributed by atoms with Crippen molar-refractivity contribution in [2.24, 2.45) is 0 Å². The highest BCUT2D eigenvalue weighted by atomic mass is 32.1. The van der Waals surface area contributed by atoms with E-state index in [4.69, 9.17) is 4.98 Å². The van der Waals surface area contributed by atoms with Crippen molar-refractivity contribution >= 4 is 43.4 Å². The molecule has 4 nitrogen and oxygen atoms in total. The molecule has 142 valence electrons. The van der Waals surface area contributed by atoms with Gasteiger partial charge in [0.05, 0.1) is 30.9 Å². The van der Waals surface area contributed by atoms with Gasteiger partial charge in [0.25, 0.3) is 5.91 Å². The van der Waals surface area contributed by atoms with Crippen LogP contribution in [-0.4, -0.2) is 38.1 Å². The molecule has 0 spiro atoms. The van der Waals surface area contributed by atoms with E-state index in [9.17, 15) is 4.79 Å². The summed E-state index contributed by atoms with van der Waals surface area (Å²) in [4.78, 5) is 21.4. The molecular weight excluding hydrogens is 366 g/mol. The number of nitrogens with one attached hydrogen (secondary N) is 1. The number of fused-ring (bicyclic) bond motifs is 2. The van der Waals surface area contributed by atoms with E-state index < -0.39 is 0 Å². The summed E-state index contributed by atoms with van der Waals surface area (Å²) in [7, 11) is 4.26. The van der Waals surface area contributed by atoms with Crippen LogP contribution in [0.2, 0.25) is 0 Å². The monoisotopic (exact) mass is 390 g/mol. The second kappa shape index (κ2) is 8.09. The van der Waals surface area contributed by atoms with E-state index in [0.717, 1.165) is 39.1 Å². The summed E-state index contributed by atoms with van der Waals surface area (Å²) in [6, 6.07) is 22.1. The van der Waals surface area contributed by atoms with E-state index >= 15 is 0 Å². The van der Waals surface area contributed by atoms with Crippen LogP contribution in [0.1, 0.15) is 16.8 Å². The SMILES string of the molecule is C[NH+](C)CCCN(C(=O)c1ccc2ccccc2c1)c1nc2ccccc2s1. The zero-order valence-electron chi connectivity index (χ0n) is 16.2. The lowest BCUT2D eigenvalue weighted by Gasteiger charge is -2.20. The Hall–Kier alpha value is -2.76. The second-order valence-electron chi connectivity index (χ2n) is 7.29. The molecule has 0 fully saturated rings. The first-order chi connectivity index (χ1) is 13.6. The number of hydrogen-bond donors (Lipinski definition) is 1. The number of rotatable bonds is 6. The number of para-hydroxylation sites is 1. The molecule has 0 aliphatic carbocycles. The number of thiazole rings is 1. The summed E-state index contributed by atoms with van der Waals surface area (Å²) in [6.45, 7) is 1.67. The van der Waals surface area contributed by atoms with E-state index in [1.807, 2.05) is 59.5 Å². The van der Waals surface area contributed by atoms with E-state index in [-0.39, 0.29) is 5.91 Å². The lowest BCUT2D eigenvalue weighted by molar-refractivity contribution is -0.858. The summed E-state index contributed by atoms with van der Waals surface area (Å²) in [5, 5.41) is 2.99. The maximum atomic E-state index is 13.4. The van der Waals surface area contributed by atoms with Crippen LogP contribution in [0.3, 0.4) is 0 Å². The van der Waals surface area contributed by atoms with E-state index in [1.165, 1.54) is 4.90 Å². The molecule has 1 N–H and O–H groups in total. The van der Waals surface area contributed by atoms with Crippen LogP contribution >= 0.6 is 11.3 Å². The average Bonchev–Trinajstić information content (AvgIpc) is 3.14. The van der Waals surface area contributed by atoms with Gasteiger partial charge in [0.15, 0.2) is 5.13 Å². The third-order valence-electron chi connectivity index (χ3n) is 4.81. The first kappa shape index (κ1) is 18.6. The summed E-state index contributed by atoms with van der Waals surface area (Å²) in [5.41, 5.74) is 1.65. The molecule has 0 bridgehead atoms. The summed E-state index contributed by atoms with van der Waals surface area (Å²) in [6.07, 6.45) is 0.928. The Morgan fingerprint density at radius 3 is 2.54 bits per heavy atom. The molecule has 1 heterocycles. The molecule has 4 rings (SSSR count). The topological polar surface area (TPSA) is 37.6 Å². The molecule has 0 atom stereocenters. The van der Waals surface area contributed by atoms with Crippen LogP contribution in [0, 0.1) is 0 Å². The minimum absolute atomic E-state index is 0.0126. The van der Waals surface area contributed by atoms with Crippen LogP contribution in [0.25, 0.3) is 21.0 Å². The standard InChI is InChI=1S/C23H23N3OS/c1-25(2)14-7-15-26(23-24-20-10-5-6-11-21(20)28-23)22(27)19-13-12-17-8-3-4-9-18(17)16-19/h3-6,8-13,16H,7,14-15H2,1-2H3/p+1. The van der Waals surface area contributed by atoms with Crippen molar-refractivity contribution in [3.63, 3.8) is 0 Å². The molecule has 5 heteroatoms. The van der Waals surface area contributed by atoms with Crippen LogP contribution in [0.15, 0.2) is 66.7 Å². The van der Waals surface area contributed by atoms with E-state index in [2.05, 4.69) is 26.2 Å². The lowest BCUT2D eigenvalue weighted by Crippen LogP contribution is -3.05. The number of aromatic nitrogens is 1. The fourth-order valence-electron chi connectivity index (χ4n) is 3.33. The number of nitrogens with zero attached hydrogens (tertiary/aromatic N) is 2. The molecule has 0 radical (unpaired) electrons. The van der Waals surface area contributed by atoms with Gasteiger partial charge in [0.2, 0.25) is 0 Å². The smallest absolute Gasteiger partial charge is 0.260 e. The molecule has 1 amide bonds. The van der Waals surface area contributed by atoms with Crippen molar-refractivity contribution < 1.29 is 9.69 Å². The Kier molecular flexibility index (Phi) is 5.37. The Labute approximate surface area is 169 Å². The predicted octanol–water partition coefficient (Wildman–Crippen LogP) is 3.63. The fourth-order valence-corrected chi connectivity index (χ4v) is 4.32. The maximum absolute atomic E-state index is 13.4. The number of carbonyl (C=O) groups is 1.